The maximum absolute atomic E-state index is 11.0. The molecule has 2 N–H and O–H groups in total. The van der Waals surface area contributed by atoms with Gasteiger partial charge in [0.2, 0.25) is 0 Å². The van der Waals surface area contributed by atoms with Gasteiger partial charge < -0.3 is 5.73 Å². The summed E-state index contributed by atoms with van der Waals surface area (Å²) in [5.41, 5.74) is 37.3. The highest BCUT2D eigenvalue weighted by molar-refractivity contribution is 9.11. The lowest BCUT2D eigenvalue weighted by Crippen LogP contribution is -1.93. The van der Waals surface area contributed by atoms with Crippen LogP contribution in [0.2, 0.25) is 0 Å². The number of imidazole rings is 2. The minimum Gasteiger partial charge on any atom is -0.398 e. The van der Waals surface area contributed by atoms with Crippen molar-refractivity contribution >= 4 is 141 Å². The van der Waals surface area contributed by atoms with Crippen molar-refractivity contribution < 1.29 is 9.85 Å². The summed E-state index contributed by atoms with van der Waals surface area (Å²) in [6, 6.07) is 122. The minimum absolute atomic E-state index is 0.217. The van der Waals surface area contributed by atoms with Crippen molar-refractivity contribution in [3.63, 3.8) is 0 Å². The first kappa shape index (κ1) is 72.2. The van der Waals surface area contributed by atoms with E-state index in [1.807, 2.05) is 72.8 Å². The number of hydrogen-bond donors (Lipinski definition) is 1. The molecular weight excluding hydrogens is 1640 g/mol. The zero-order valence-corrected chi connectivity index (χ0v) is 67.4. The van der Waals surface area contributed by atoms with Crippen LogP contribution in [0, 0.1) is 20.2 Å². The fraction of sp³-hybridized carbons (Fsp3) is 0.0291. The molecule has 117 heavy (non-hydrogen) atoms. The largest absolute Gasteiger partial charge is 0.398 e. The molecule has 558 valence electrons. The summed E-state index contributed by atoms with van der Waals surface area (Å²) in [5, 5.41) is 31.9. The van der Waals surface area contributed by atoms with E-state index in [0.717, 1.165) is 98.3 Å². The molecule has 3 aliphatic carbocycles. The van der Waals surface area contributed by atoms with E-state index in [9.17, 15) is 20.2 Å². The Morgan fingerprint density at radius 2 is 0.650 bits per heavy atom. The van der Waals surface area contributed by atoms with Gasteiger partial charge in [0.1, 0.15) is 11.6 Å². The second kappa shape index (κ2) is 29.9. The van der Waals surface area contributed by atoms with Gasteiger partial charge in [0.25, 0.3) is 11.4 Å². The number of fused-ring (bicyclic) bond motifs is 17. The Morgan fingerprint density at radius 3 is 1.17 bits per heavy atom. The fourth-order valence-corrected chi connectivity index (χ4v) is 18.9. The van der Waals surface area contributed by atoms with Crippen molar-refractivity contribution in [1.29, 1.82) is 0 Å². The first-order valence-corrected chi connectivity index (χ1v) is 41.0. The average molecular weight is 1710 g/mol. The van der Waals surface area contributed by atoms with E-state index >= 15 is 0 Å². The molecule has 0 unspecified atom stereocenters. The summed E-state index contributed by atoms with van der Waals surface area (Å²) < 4.78 is 7.84. The average Bonchev–Trinajstić information content (AvgIpc) is 1.60. The molecule has 4 heterocycles. The lowest BCUT2D eigenvalue weighted by molar-refractivity contribution is -0.385. The van der Waals surface area contributed by atoms with E-state index in [0.29, 0.717) is 12.8 Å². The van der Waals surface area contributed by atoms with Gasteiger partial charge in [-0.15, -0.1) is 0 Å². The van der Waals surface area contributed by atoms with E-state index in [2.05, 4.69) is 311 Å². The van der Waals surface area contributed by atoms with Crippen LogP contribution in [-0.2, 0) is 19.3 Å². The molecule has 21 aromatic rings. The normalized spacial score (nSPS) is 12.0. The van der Waals surface area contributed by atoms with Crippen LogP contribution >= 0.6 is 47.8 Å². The number of halogens is 3. The molecule has 17 aromatic carbocycles. The fourth-order valence-electron chi connectivity index (χ4n) is 17.8. The number of hydrogen-bond acceptors (Lipinski definition) is 7. The lowest BCUT2D eigenvalue weighted by Gasteiger charge is -2.18. The van der Waals surface area contributed by atoms with E-state index in [1.54, 1.807) is 24.3 Å². The lowest BCUT2D eigenvalue weighted by atomic mass is 9.85. The second-order valence-electron chi connectivity index (χ2n) is 29.6. The number of aromatic nitrogens is 4. The van der Waals surface area contributed by atoms with Gasteiger partial charge in [-0.3, -0.25) is 29.0 Å². The van der Waals surface area contributed by atoms with Crippen molar-refractivity contribution in [2.24, 2.45) is 0 Å². The summed E-state index contributed by atoms with van der Waals surface area (Å²) in [6.45, 7) is 0. The van der Waals surface area contributed by atoms with Gasteiger partial charge in [0, 0.05) is 94.3 Å². The first-order valence-electron chi connectivity index (χ1n) is 38.6. The minimum atomic E-state index is -0.306. The summed E-state index contributed by atoms with van der Waals surface area (Å²) in [7, 11) is 0. The summed E-state index contributed by atoms with van der Waals surface area (Å²) in [5.74, 6) is 1.99. The summed E-state index contributed by atoms with van der Waals surface area (Å²) in [6.07, 6.45) is 2.28. The molecule has 4 aromatic heterocycles. The van der Waals surface area contributed by atoms with Crippen LogP contribution in [0.5, 0.6) is 0 Å². The maximum atomic E-state index is 11.0. The van der Waals surface area contributed by atoms with Crippen LogP contribution in [0.25, 0.3) is 166 Å². The molecule has 0 atom stereocenters. The van der Waals surface area contributed by atoms with Gasteiger partial charge in [-0.1, -0.05) is 315 Å². The quantitative estimate of drug-likeness (QED) is 0.0723. The molecule has 0 aliphatic heterocycles. The van der Waals surface area contributed by atoms with Crippen LogP contribution in [0.15, 0.2) is 365 Å². The van der Waals surface area contributed by atoms with Crippen LogP contribution in [0.3, 0.4) is 0 Å². The van der Waals surface area contributed by atoms with E-state index in [1.165, 1.54) is 126 Å². The van der Waals surface area contributed by atoms with Crippen LogP contribution < -0.4 is 5.73 Å². The molecule has 0 saturated heterocycles. The van der Waals surface area contributed by atoms with E-state index in [-0.39, 0.29) is 21.2 Å². The smallest absolute Gasteiger partial charge is 0.273 e. The third kappa shape index (κ3) is 12.8. The molecule has 0 bridgehead atoms. The number of rotatable bonds is 7. The Kier molecular flexibility index (Phi) is 18.5. The maximum Gasteiger partial charge on any atom is 0.273 e. The van der Waals surface area contributed by atoms with Gasteiger partial charge in [0.15, 0.2) is 0 Å². The molecule has 0 saturated carbocycles. The molecule has 3 aliphatic rings. The highest BCUT2D eigenvalue weighted by atomic mass is 79.9. The zero-order chi connectivity index (χ0) is 79.1. The Labute approximate surface area is 697 Å². The number of para-hydroxylation sites is 2. The number of nitrogens with zero attached hydrogens (tertiary/aromatic N) is 6. The summed E-state index contributed by atoms with van der Waals surface area (Å²) >= 11 is 10.5. The third-order valence-electron chi connectivity index (χ3n) is 23.0. The summed E-state index contributed by atoms with van der Waals surface area (Å²) in [4.78, 5) is 31.2. The SMILES string of the molecule is Brc1ccc2c(c1)c1cccc3nc(-c4ccccc4)n2c31.Nc1cccc2c1Cc1ccc(Br)cc1-2.O=[N+]([O-])c1cccc2c1Cc1ccc(Br)cc1-2.O=[N+]([O-])c1cccc2c1Cc1ccccc1-2.c1ccc(-c2ccc(-c3c4ccccc4c(-c4ccc5c(c4)c4cccc6nc(-c7ccccc7)n5c64)c4ccccc34)cc2)cc1. The van der Waals surface area contributed by atoms with Crippen LogP contribution in [0.4, 0.5) is 17.1 Å². The van der Waals surface area contributed by atoms with Gasteiger partial charge in [-0.2, -0.15) is 0 Å². The number of anilines is 1. The van der Waals surface area contributed by atoms with Crippen molar-refractivity contribution in [3.8, 4) is 89.5 Å². The van der Waals surface area contributed by atoms with Crippen molar-refractivity contribution in [3.05, 3.63) is 419 Å². The Hall–Kier alpha value is -13.8. The van der Waals surface area contributed by atoms with Gasteiger partial charge in [-0.05, 0) is 183 Å². The molecule has 0 spiro atoms. The third-order valence-corrected chi connectivity index (χ3v) is 24.5. The molecule has 0 radical (unpaired) electrons. The predicted octanol–water partition coefficient (Wildman–Crippen LogP) is 28.3. The second-order valence-corrected chi connectivity index (χ2v) is 32.3. The van der Waals surface area contributed by atoms with Gasteiger partial charge in [-0.25, -0.2) is 9.97 Å². The Balaban J connectivity index is 0.000000104. The standard InChI is InChI=1S/C45H28N2.C19H11BrN2.C13H8BrNO2.C13H10BrN.C13H9NO2/c1-3-12-29(13-4-1)30-22-24-31(25-23-30)42-34-16-7-9-18-36(34)43(37-19-10-8-17-35(37)42)33-26-27-41-39(28-33)38-20-11-21-40-44(38)47(41)45(46-40)32-14-5-2-6-15-32;20-13-9-10-17-15(11-13)14-7-4-8-16-18(14)22(17)19(21-16)12-5-2-1-3-6-12;14-9-5-4-8-6-12-10(11(8)7-9)2-1-3-13(12)15(16)17;14-9-5-4-8-6-12-10(11(8)7-9)2-1-3-13(12)15;15-14(16)13-7-3-6-11-10-5-2-1-4-9(10)8-12(11)13/h1-28H;1-11H;1-5,7H,6H2;1-5,7H,6,15H2;1-7H,8H2. The molecule has 24 rings (SSSR count). The van der Waals surface area contributed by atoms with E-state index < -0.39 is 0 Å². The highest BCUT2D eigenvalue weighted by Gasteiger charge is 2.29. The number of nitrogens with two attached hydrogens (primary N) is 1. The topological polar surface area (TPSA) is 147 Å². The van der Waals surface area contributed by atoms with Gasteiger partial charge >= 0.3 is 0 Å². The van der Waals surface area contributed by atoms with Crippen molar-refractivity contribution in [2.75, 3.05) is 5.73 Å². The van der Waals surface area contributed by atoms with Crippen LogP contribution in [0.1, 0.15) is 33.4 Å². The van der Waals surface area contributed by atoms with Crippen molar-refractivity contribution in [1.82, 2.24) is 18.8 Å². The molecule has 11 nitrogen and oxygen atoms in total. The number of nitrogen functional groups attached to an aromatic ring is 1. The Morgan fingerprint density at radius 1 is 0.291 bits per heavy atom. The molecule has 0 fully saturated rings. The monoisotopic (exact) mass is 1700 g/mol. The highest BCUT2D eigenvalue weighted by Crippen LogP contribution is 2.49. The van der Waals surface area contributed by atoms with Gasteiger partial charge in [0.05, 0.1) is 42.9 Å². The van der Waals surface area contributed by atoms with Crippen molar-refractivity contribution in [2.45, 2.75) is 19.3 Å². The molecular formula is C103H66Br3N7O4. The predicted molar refractivity (Wildman–Crippen MR) is 490 cm³/mol. The zero-order valence-electron chi connectivity index (χ0n) is 62.6. The Bertz CT molecular complexity index is 7480. The number of nitro groups is 2. The molecule has 14 heteroatoms. The van der Waals surface area contributed by atoms with Crippen LogP contribution in [-0.4, -0.2) is 28.6 Å². The number of benzene rings is 17. The van der Waals surface area contributed by atoms with E-state index in [4.69, 9.17) is 15.7 Å². The first-order chi connectivity index (χ1) is 57.3. The molecule has 0 amide bonds. The number of nitro benzene ring substituents is 2.